The van der Waals surface area contributed by atoms with Crippen molar-refractivity contribution in [3.63, 3.8) is 0 Å². The molecule has 4 nitrogen and oxygen atoms in total. The van der Waals surface area contributed by atoms with E-state index in [-0.39, 0.29) is 11.1 Å². The molecule has 0 radical (unpaired) electrons. The second kappa shape index (κ2) is 4.24. The van der Waals surface area contributed by atoms with Gasteiger partial charge in [-0.2, -0.15) is 5.10 Å². The van der Waals surface area contributed by atoms with Crippen molar-refractivity contribution in [1.29, 1.82) is 0 Å². The van der Waals surface area contributed by atoms with Crippen LogP contribution in [0.1, 0.15) is 15.9 Å². The standard InChI is InChI=1S/C13H7F2N3O/c14-8-1-2-11(15)9(5-8)13(19)10-6-17-18-4-3-16-7-12(10)18/h1-7H. The Morgan fingerprint density at radius 2 is 2.00 bits per heavy atom. The molecule has 0 atom stereocenters. The first-order chi connectivity index (χ1) is 9.16. The number of fused-ring (bicyclic) bond motifs is 1. The van der Waals surface area contributed by atoms with E-state index in [1.807, 2.05) is 0 Å². The largest absolute Gasteiger partial charge is 0.288 e. The van der Waals surface area contributed by atoms with Gasteiger partial charge in [0.15, 0.2) is 5.78 Å². The average Bonchev–Trinajstić information content (AvgIpc) is 2.84. The summed E-state index contributed by atoms with van der Waals surface area (Å²) < 4.78 is 28.1. The third-order valence-corrected chi connectivity index (χ3v) is 2.74. The fourth-order valence-electron chi connectivity index (χ4n) is 1.83. The van der Waals surface area contributed by atoms with E-state index in [2.05, 4.69) is 10.1 Å². The number of carbonyl (C=O) groups excluding carboxylic acids is 1. The SMILES string of the molecule is O=C(c1cc(F)ccc1F)c1cnn2ccncc12. The number of ketones is 1. The summed E-state index contributed by atoms with van der Waals surface area (Å²) in [7, 11) is 0. The van der Waals surface area contributed by atoms with Crippen LogP contribution in [0.15, 0.2) is 43.0 Å². The molecular weight excluding hydrogens is 252 g/mol. The monoisotopic (exact) mass is 259 g/mol. The van der Waals surface area contributed by atoms with Gasteiger partial charge in [-0.05, 0) is 18.2 Å². The average molecular weight is 259 g/mol. The fourth-order valence-corrected chi connectivity index (χ4v) is 1.83. The Balaban J connectivity index is 2.16. The van der Waals surface area contributed by atoms with E-state index in [4.69, 9.17) is 0 Å². The van der Waals surface area contributed by atoms with Crippen molar-refractivity contribution in [2.75, 3.05) is 0 Å². The second-order valence-corrected chi connectivity index (χ2v) is 3.92. The Bertz CT molecular complexity index is 782. The van der Waals surface area contributed by atoms with Crippen molar-refractivity contribution in [1.82, 2.24) is 14.6 Å². The molecule has 0 N–H and O–H groups in total. The van der Waals surface area contributed by atoms with Crippen LogP contribution in [-0.2, 0) is 0 Å². The molecule has 3 aromatic rings. The predicted molar refractivity (Wildman–Crippen MR) is 62.8 cm³/mol. The summed E-state index contributed by atoms with van der Waals surface area (Å²) in [5, 5.41) is 3.96. The van der Waals surface area contributed by atoms with Gasteiger partial charge >= 0.3 is 0 Å². The number of rotatable bonds is 2. The third kappa shape index (κ3) is 1.87. The minimum atomic E-state index is -0.769. The summed E-state index contributed by atoms with van der Waals surface area (Å²) in [4.78, 5) is 16.1. The first kappa shape index (κ1) is 11.5. The quantitative estimate of drug-likeness (QED) is 0.663. The van der Waals surface area contributed by atoms with Crippen LogP contribution in [0.2, 0.25) is 0 Å². The normalized spacial score (nSPS) is 10.8. The number of hydrogen-bond acceptors (Lipinski definition) is 3. The van der Waals surface area contributed by atoms with Gasteiger partial charge < -0.3 is 0 Å². The molecule has 0 spiro atoms. The van der Waals surface area contributed by atoms with Crippen LogP contribution in [0.25, 0.3) is 5.52 Å². The number of nitrogens with zero attached hydrogens (tertiary/aromatic N) is 3. The molecule has 1 aromatic carbocycles. The molecule has 94 valence electrons. The van der Waals surface area contributed by atoms with Crippen molar-refractivity contribution in [3.05, 3.63) is 65.7 Å². The summed E-state index contributed by atoms with van der Waals surface area (Å²) >= 11 is 0. The maximum atomic E-state index is 13.6. The number of benzene rings is 1. The molecule has 0 aliphatic heterocycles. The van der Waals surface area contributed by atoms with E-state index in [1.54, 1.807) is 6.20 Å². The van der Waals surface area contributed by atoms with Crippen molar-refractivity contribution in [2.45, 2.75) is 0 Å². The van der Waals surface area contributed by atoms with Gasteiger partial charge in [0, 0.05) is 12.4 Å². The summed E-state index contributed by atoms with van der Waals surface area (Å²) in [5.74, 6) is -2.06. The van der Waals surface area contributed by atoms with Crippen LogP contribution in [0, 0.1) is 11.6 Å². The molecule has 2 aromatic heterocycles. The molecule has 0 fully saturated rings. The highest BCUT2D eigenvalue weighted by Crippen LogP contribution is 2.18. The van der Waals surface area contributed by atoms with Gasteiger partial charge in [-0.25, -0.2) is 13.3 Å². The Kier molecular flexibility index (Phi) is 2.56. The molecule has 0 aliphatic rings. The van der Waals surface area contributed by atoms with E-state index in [1.165, 1.54) is 23.1 Å². The summed E-state index contributed by atoms with van der Waals surface area (Å²) in [6.07, 6.45) is 5.83. The van der Waals surface area contributed by atoms with Crippen LogP contribution in [0.5, 0.6) is 0 Å². The highest BCUT2D eigenvalue weighted by molar-refractivity contribution is 6.13. The zero-order chi connectivity index (χ0) is 13.4. The lowest BCUT2D eigenvalue weighted by molar-refractivity contribution is 0.103. The molecule has 0 unspecified atom stereocenters. The maximum absolute atomic E-state index is 13.6. The highest BCUT2D eigenvalue weighted by Gasteiger charge is 2.18. The van der Waals surface area contributed by atoms with Crippen LogP contribution in [0.3, 0.4) is 0 Å². The van der Waals surface area contributed by atoms with Crippen LogP contribution in [0.4, 0.5) is 8.78 Å². The molecule has 0 aliphatic carbocycles. The predicted octanol–water partition coefficient (Wildman–Crippen LogP) is 2.24. The molecule has 3 rings (SSSR count). The van der Waals surface area contributed by atoms with Crippen molar-refractivity contribution in [2.24, 2.45) is 0 Å². The van der Waals surface area contributed by atoms with Crippen molar-refractivity contribution in [3.8, 4) is 0 Å². The van der Waals surface area contributed by atoms with Gasteiger partial charge in [-0.3, -0.25) is 9.78 Å². The van der Waals surface area contributed by atoms with E-state index < -0.39 is 17.4 Å². The summed E-state index contributed by atoms with van der Waals surface area (Å²) in [5.41, 5.74) is 0.299. The fraction of sp³-hybridized carbons (Fsp3) is 0. The van der Waals surface area contributed by atoms with Gasteiger partial charge in [0.2, 0.25) is 0 Å². The number of hydrogen-bond donors (Lipinski definition) is 0. The zero-order valence-electron chi connectivity index (χ0n) is 9.55. The highest BCUT2D eigenvalue weighted by atomic mass is 19.1. The summed E-state index contributed by atoms with van der Waals surface area (Å²) in [6.45, 7) is 0. The van der Waals surface area contributed by atoms with Gasteiger partial charge in [0.1, 0.15) is 11.6 Å². The van der Waals surface area contributed by atoms with E-state index in [0.29, 0.717) is 5.52 Å². The van der Waals surface area contributed by atoms with Gasteiger partial charge in [0.25, 0.3) is 0 Å². The Morgan fingerprint density at radius 1 is 1.16 bits per heavy atom. The summed E-state index contributed by atoms with van der Waals surface area (Å²) in [6, 6.07) is 2.76. The van der Waals surface area contributed by atoms with Gasteiger partial charge in [-0.1, -0.05) is 0 Å². The van der Waals surface area contributed by atoms with Crippen molar-refractivity contribution < 1.29 is 13.6 Å². The van der Waals surface area contributed by atoms with Crippen LogP contribution >= 0.6 is 0 Å². The molecular formula is C13H7F2N3O. The lowest BCUT2D eigenvalue weighted by Gasteiger charge is -2.01. The van der Waals surface area contributed by atoms with Crippen LogP contribution < -0.4 is 0 Å². The molecule has 0 saturated carbocycles. The number of aromatic nitrogens is 3. The smallest absolute Gasteiger partial charge is 0.199 e. The van der Waals surface area contributed by atoms with Gasteiger partial charge in [-0.15, -0.1) is 0 Å². The molecule has 0 bridgehead atoms. The van der Waals surface area contributed by atoms with E-state index in [0.717, 1.165) is 18.2 Å². The Morgan fingerprint density at radius 3 is 2.84 bits per heavy atom. The molecule has 0 saturated heterocycles. The molecule has 6 heteroatoms. The lowest BCUT2D eigenvalue weighted by Crippen LogP contribution is -2.04. The van der Waals surface area contributed by atoms with E-state index in [9.17, 15) is 13.6 Å². The third-order valence-electron chi connectivity index (χ3n) is 2.74. The zero-order valence-corrected chi connectivity index (χ0v) is 9.55. The van der Waals surface area contributed by atoms with E-state index >= 15 is 0 Å². The first-order valence-corrected chi connectivity index (χ1v) is 5.44. The molecule has 2 heterocycles. The Hall–Kier alpha value is -2.63. The van der Waals surface area contributed by atoms with Crippen molar-refractivity contribution >= 4 is 11.3 Å². The molecule has 0 amide bonds. The number of halogens is 2. The minimum absolute atomic E-state index is 0.178. The number of carbonyl (C=O) groups is 1. The Labute approximate surface area is 106 Å². The second-order valence-electron chi connectivity index (χ2n) is 3.92. The van der Waals surface area contributed by atoms with Gasteiger partial charge in [0.05, 0.1) is 29.0 Å². The first-order valence-electron chi connectivity index (χ1n) is 5.44. The minimum Gasteiger partial charge on any atom is -0.288 e. The topological polar surface area (TPSA) is 47.3 Å². The molecule has 19 heavy (non-hydrogen) atoms. The maximum Gasteiger partial charge on any atom is 0.199 e. The lowest BCUT2D eigenvalue weighted by atomic mass is 10.0. The van der Waals surface area contributed by atoms with Crippen LogP contribution in [-0.4, -0.2) is 20.4 Å².